The van der Waals surface area contributed by atoms with Gasteiger partial charge in [-0.05, 0) is 12.8 Å². The molecule has 3 rings (SSSR count). The number of carbonyl (C=O) groups excluding carboxylic acids is 3. The summed E-state index contributed by atoms with van der Waals surface area (Å²) in [7, 11) is 0. The standard InChI is InChI=1S/C22H24N4O4S2/c1-15(27)31-14-21(29)23-11-7-3-6-10-20(28)25-22-24-18(13-32-22)19-12-17(26-30-19)16-8-4-2-5-9-16/h2,4-5,8-9,12-13H,3,6-7,10-11,14H2,1H3,(H,23,29)(H,24,25,28). The Morgan fingerprint density at radius 3 is 2.66 bits per heavy atom. The number of carbonyl (C=O) groups is 3. The summed E-state index contributed by atoms with van der Waals surface area (Å²) in [6.07, 6.45) is 2.69. The van der Waals surface area contributed by atoms with Gasteiger partial charge in [0.1, 0.15) is 11.4 Å². The first-order chi connectivity index (χ1) is 15.5. The fraction of sp³-hybridized carbons (Fsp3) is 0.318. The van der Waals surface area contributed by atoms with Crippen LogP contribution in [0.1, 0.15) is 32.6 Å². The van der Waals surface area contributed by atoms with Gasteiger partial charge >= 0.3 is 0 Å². The highest BCUT2D eigenvalue weighted by Gasteiger charge is 2.13. The zero-order valence-electron chi connectivity index (χ0n) is 17.6. The maximum Gasteiger partial charge on any atom is 0.230 e. The third kappa shape index (κ3) is 7.61. The summed E-state index contributed by atoms with van der Waals surface area (Å²) in [5, 5.41) is 11.9. The van der Waals surface area contributed by atoms with Gasteiger partial charge in [-0.1, -0.05) is 53.7 Å². The van der Waals surface area contributed by atoms with Gasteiger partial charge in [0.05, 0.1) is 5.75 Å². The second-order valence-corrected chi connectivity index (χ2v) is 8.98. The number of nitrogens with one attached hydrogen (secondary N) is 2. The number of aromatic nitrogens is 2. The van der Waals surface area contributed by atoms with Gasteiger partial charge in [0.15, 0.2) is 16.0 Å². The van der Waals surface area contributed by atoms with Crippen molar-refractivity contribution in [3.63, 3.8) is 0 Å². The second-order valence-electron chi connectivity index (χ2n) is 6.97. The minimum Gasteiger partial charge on any atom is -0.355 e. The molecule has 2 N–H and O–H groups in total. The van der Waals surface area contributed by atoms with E-state index in [-0.39, 0.29) is 22.7 Å². The fourth-order valence-corrected chi connectivity index (χ4v) is 3.95. The second kappa shape index (κ2) is 12.2. The maximum absolute atomic E-state index is 12.2. The summed E-state index contributed by atoms with van der Waals surface area (Å²) in [5.74, 6) is 0.444. The molecular weight excluding hydrogens is 448 g/mol. The van der Waals surface area contributed by atoms with E-state index >= 15 is 0 Å². The van der Waals surface area contributed by atoms with Crippen molar-refractivity contribution in [2.24, 2.45) is 0 Å². The Hall–Kier alpha value is -2.98. The van der Waals surface area contributed by atoms with Crippen LogP contribution in [0.3, 0.4) is 0 Å². The molecule has 0 spiro atoms. The summed E-state index contributed by atoms with van der Waals surface area (Å²) >= 11 is 2.33. The van der Waals surface area contributed by atoms with Gasteiger partial charge in [-0.15, -0.1) is 11.3 Å². The summed E-state index contributed by atoms with van der Waals surface area (Å²) in [5.41, 5.74) is 2.31. The average Bonchev–Trinajstić information content (AvgIpc) is 3.45. The number of thiazole rings is 1. The van der Waals surface area contributed by atoms with Crippen LogP contribution in [0.4, 0.5) is 5.13 Å². The lowest BCUT2D eigenvalue weighted by Crippen LogP contribution is -2.26. The molecule has 0 saturated carbocycles. The SMILES string of the molecule is CC(=O)SCC(=O)NCCCCCC(=O)Nc1nc(-c2cc(-c3ccccc3)no2)cs1. The summed E-state index contributed by atoms with van der Waals surface area (Å²) in [6.45, 7) is 1.97. The third-order valence-corrected chi connectivity index (χ3v) is 5.96. The van der Waals surface area contributed by atoms with Crippen LogP contribution in [0.2, 0.25) is 0 Å². The lowest BCUT2D eigenvalue weighted by Gasteiger charge is -2.04. The van der Waals surface area contributed by atoms with Crippen LogP contribution in [0.15, 0.2) is 46.3 Å². The Labute approximate surface area is 194 Å². The van der Waals surface area contributed by atoms with Crippen LogP contribution in [-0.2, 0) is 14.4 Å². The maximum atomic E-state index is 12.2. The first-order valence-corrected chi connectivity index (χ1v) is 12.1. The summed E-state index contributed by atoms with van der Waals surface area (Å²) < 4.78 is 5.40. The van der Waals surface area contributed by atoms with Crippen LogP contribution in [0.25, 0.3) is 22.7 Å². The predicted octanol–water partition coefficient (Wildman–Crippen LogP) is 4.36. The molecule has 2 amide bonds. The molecule has 168 valence electrons. The molecule has 0 bridgehead atoms. The van der Waals surface area contributed by atoms with Crippen LogP contribution >= 0.6 is 23.1 Å². The van der Waals surface area contributed by atoms with Gasteiger partial charge < -0.3 is 15.2 Å². The van der Waals surface area contributed by atoms with Gasteiger partial charge in [0.25, 0.3) is 0 Å². The van der Waals surface area contributed by atoms with Crippen molar-refractivity contribution < 1.29 is 18.9 Å². The van der Waals surface area contributed by atoms with E-state index in [9.17, 15) is 14.4 Å². The molecule has 8 nitrogen and oxygen atoms in total. The zero-order chi connectivity index (χ0) is 22.8. The van der Waals surface area contributed by atoms with Gasteiger partial charge in [-0.25, -0.2) is 4.98 Å². The fourth-order valence-electron chi connectivity index (χ4n) is 2.80. The Balaban J connectivity index is 1.36. The van der Waals surface area contributed by atoms with Crippen molar-refractivity contribution in [2.45, 2.75) is 32.6 Å². The highest BCUT2D eigenvalue weighted by molar-refractivity contribution is 8.14. The molecule has 0 atom stereocenters. The summed E-state index contributed by atoms with van der Waals surface area (Å²) in [4.78, 5) is 38.9. The number of benzene rings is 1. The number of unbranched alkanes of at least 4 members (excludes halogenated alkanes) is 2. The van der Waals surface area contributed by atoms with Crippen LogP contribution in [0, 0.1) is 0 Å². The Morgan fingerprint density at radius 1 is 1.06 bits per heavy atom. The monoisotopic (exact) mass is 472 g/mol. The van der Waals surface area contributed by atoms with E-state index < -0.39 is 0 Å². The Kier molecular flexibility index (Phi) is 9.00. The molecule has 0 fully saturated rings. The summed E-state index contributed by atoms with van der Waals surface area (Å²) in [6, 6.07) is 11.5. The van der Waals surface area contributed by atoms with E-state index in [1.807, 2.05) is 41.8 Å². The quantitative estimate of drug-likeness (QED) is 0.399. The Bertz CT molecular complexity index is 1050. The predicted molar refractivity (Wildman–Crippen MR) is 126 cm³/mol. The van der Waals surface area contributed by atoms with Gasteiger partial charge in [-0.2, -0.15) is 0 Å². The van der Waals surface area contributed by atoms with Crippen LogP contribution in [0.5, 0.6) is 0 Å². The molecule has 2 aromatic heterocycles. The van der Waals surface area contributed by atoms with Crippen molar-refractivity contribution in [3.05, 3.63) is 41.8 Å². The third-order valence-electron chi connectivity index (χ3n) is 4.39. The first kappa shape index (κ1) is 23.7. The zero-order valence-corrected chi connectivity index (χ0v) is 19.3. The van der Waals surface area contributed by atoms with Crippen molar-refractivity contribution in [3.8, 4) is 22.7 Å². The number of hydrogen-bond acceptors (Lipinski definition) is 8. The van der Waals surface area contributed by atoms with E-state index in [1.54, 1.807) is 0 Å². The first-order valence-electron chi connectivity index (χ1n) is 10.2. The lowest BCUT2D eigenvalue weighted by molar-refractivity contribution is -0.119. The molecule has 0 aliphatic rings. The van der Waals surface area contributed by atoms with E-state index in [4.69, 9.17) is 4.52 Å². The number of hydrogen-bond donors (Lipinski definition) is 2. The minimum atomic E-state index is -0.148. The van der Waals surface area contributed by atoms with Gasteiger partial charge in [0, 0.05) is 36.9 Å². The molecule has 0 unspecified atom stereocenters. The highest BCUT2D eigenvalue weighted by atomic mass is 32.2. The number of amides is 2. The molecule has 0 radical (unpaired) electrons. The molecule has 10 heteroatoms. The van der Waals surface area contributed by atoms with E-state index in [2.05, 4.69) is 20.8 Å². The van der Waals surface area contributed by atoms with E-state index in [0.29, 0.717) is 36.0 Å². The molecule has 1 aromatic carbocycles. The van der Waals surface area contributed by atoms with Crippen molar-refractivity contribution >= 4 is 45.2 Å². The Morgan fingerprint density at radius 2 is 1.88 bits per heavy atom. The molecule has 3 aromatic rings. The van der Waals surface area contributed by atoms with Crippen molar-refractivity contribution in [1.29, 1.82) is 0 Å². The normalized spacial score (nSPS) is 10.7. The highest BCUT2D eigenvalue weighted by Crippen LogP contribution is 2.28. The average molecular weight is 473 g/mol. The van der Waals surface area contributed by atoms with Crippen molar-refractivity contribution in [1.82, 2.24) is 15.5 Å². The number of thioether (sulfide) groups is 1. The molecule has 0 aliphatic carbocycles. The van der Waals surface area contributed by atoms with Gasteiger partial charge in [0.2, 0.25) is 11.8 Å². The molecule has 32 heavy (non-hydrogen) atoms. The van der Waals surface area contributed by atoms with E-state index in [1.165, 1.54) is 18.3 Å². The lowest BCUT2D eigenvalue weighted by atomic mass is 10.1. The van der Waals surface area contributed by atoms with Crippen LogP contribution in [-0.4, -0.2) is 39.4 Å². The molecular formula is C22H24N4O4S2. The topological polar surface area (TPSA) is 114 Å². The molecule has 0 aliphatic heterocycles. The molecule has 2 heterocycles. The van der Waals surface area contributed by atoms with Crippen LogP contribution < -0.4 is 10.6 Å². The smallest absolute Gasteiger partial charge is 0.230 e. The van der Waals surface area contributed by atoms with Crippen molar-refractivity contribution in [2.75, 3.05) is 17.6 Å². The minimum absolute atomic E-state index is 0.0729. The molecule has 0 saturated heterocycles. The number of rotatable bonds is 11. The van der Waals surface area contributed by atoms with E-state index in [0.717, 1.165) is 35.9 Å². The van der Waals surface area contributed by atoms with Gasteiger partial charge in [-0.3, -0.25) is 14.4 Å². The number of nitrogens with zero attached hydrogens (tertiary/aromatic N) is 2. The number of anilines is 1. The largest absolute Gasteiger partial charge is 0.355 e.